The molecule has 0 aliphatic rings. The number of nitrogens with one attached hydrogen (secondary N) is 1. The lowest BCUT2D eigenvalue weighted by molar-refractivity contribution is 0.136. The summed E-state index contributed by atoms with van der Waals surface area (Å²) in [6.07, 6.45) is -0.887. The number of rotatable bonds is 3. The average Bonchev–Trinajstić information content (AvgIpc) is 2.15. The maximum Gasteiger partial charge on any atom is 0.408 e. The van der Waals surface area contributed by atoms with E-state index in [1.807, 2.05) is 30.3 Å². The monoisotopic (exact) mass is 194 g/mol. The molecule has 1 aromatic carbocycles. The van der Waals surface area contributed by atoms with E-state index in [0.29, 0.717) is 0 Å². The summed E-state index contributed by atoms with van der Waals surface area (Å²) in [6.45, 7) is 1.93. The second kappa shape index (κ2) is 5.24. The topological polar surface area (TPSA) is 64.3 Å². The largest absolute Gasteiger partial charge is 0.445 e. The van der Waals surface area contributed by atoms with Gasteiger partial charge in [0.25, 0.3) is 0 Å². The third-order valence-corrected chi connectivity index (χ3v) is 1.56. The number of alkyl carbamates (subject to hydrolysis) is 1. The third kappa shape index (κ3) is 3.91. The molecule has 1 aromatic rings. The average molecular weight is 194 g/mol. The van der Waals surface area contributed by atoms with E-state index < -0.39 is 12.3 Å². The molecule has 76 valence electrons. The van der Waals surface area contributed by atoms with E-state index in [2.05, 4.69) is 5.32 Å². The summed E-state index contributed by atoms with van der Waals surface area (Å²) >= 11 is 0. The predicted octanol–water partition coefficient (Wildman–Crippen LogP) is 1.22. The highest BCUT2D eigenvalue weighted by atomic mass is 16.5. The summed E-state index contributed by atoms with van der Waals surface area (Å²) in [5.74, 6) is 0. The first-order valence-electron chi connectivity index (χ1n) is 4.41. The van der Waals surface area contributed by atoms with Crippen molar-refractivity contribution >= 4 is 6.09 Å². The Bertz CT molecular complexity index is 285. The van der Waals surface area contributed by atoms with Crippen molar-refractivity contribution in [1.82, 2.24) is 5.32 Å². The van der Waals surface area contributed by atoms with E-state index in [0.717, 1.165) is 5.56 Å². The molecular weight excluding hydrogens is 180 g/mol. The summed E-state index contributed by atoms with van der Waals surface area (Å²) in [5, 5.41) is 2.43. The number of carbonyl (C=O) groups is 1. The molecule has 1 amide bonds. The molecule has 14 heavy (non-hydrogen) atoms. The molecule has 1 atom stereocenters. The molecule has 0 aliphatic heterocycles. The van der Waals surface area contributed by atoms with Gasteiger partial charge in [0.1, 0.15) is 6.61 Å². The fraction of sp³-hybridized carbons (Fsp3) is 0.300. The molecule has 3 N–H and O–H groups in total. The van der Waals surface area contributed by atoms with Crippen molar-refractivity contribution in [3.8, 4) is 0 Å². The number of nitrogens with two attached hydrogens (primary N) is 1. The van der Waals surface area contributed by atoms with Gasteiger partial charge in [-0.25, -0.2) is 4.79 Å². The van der Waals surface area contributed by atoms with Crippen molar-refractivity contribution in [3.05, 3.63) is 35.9 Å². The van der Waals surface area contributed by atoms with Gasteiger partial charge < -0.3 is 15.8 Å². The number of hydrogen-bond donors (Lipinski definition) is 2. The van der Waals surface area contributed by atoms with Crippen molar-refractivity contribution in [2.75, 3.05) is 0 Å². The van der Waals surface area contributed by atoms with E-state index in [-0.39, 0.29) is 6.61 Å². The highest BCUT2D eigenvalue weighted by Crippen LogP contribution is 2.00. The first kappa shape index (κ1) is 10.5. The standard InChI is InChI=1S/C10H14N2O2/c1-8(11)12-10(13)14-7-9-5-3-2-4-6-9/h2-6,8H,7,11H2,1H3,(H,12,13)/t8-/m0/s1. The minimum absolute atomic E-state index is 0.263. The number of benzene rings is 1. The summed E-state index contributed by atoms with van der Waals surface area (Å²) in [7, 11) is 0. The van der Waals surface area contributed by atoms with Crippen molar-refractivity contribution in [3.63, 3.8) is 0 Å². The second-order valence-electron chi connectivity index (χ2n) is 2.99. The van der Waals surface area contributed by atoms with Crippen LogP contribution in [-0.4, -0.2) is 12.3 Å². The van der Waals surface area contributed by atoms with Gasteiger partial charge in [-0.3, -0.25) is 0 Å². The van der Waals surface area contributed by atoms with Gasteiger partial charge in [-0.1, -0.05) is 30.3 Å². The second-order valence-corrected chi connectivity index (χ2v) is 2.99. The van der Waals surface area contributed by atoms with Crippen LogP contribution in [0.2, 0.25) is 0 Å². The van der Waals surface area contributed by atoms with Crippen LogP contribution in [0.25, 0.3) is 0 Å². The zero-order valence-corrected chi connectivity index (χ0v) is 8.07. The summed E-state index contributed by atoms with van der Waals surface area (Å²) < 4.78 is 4.91. The fourth-order valence-electron chi connectivity index (χ4n) is 0.951. The molecule has 0 saturated heterocycles. The number of carbonyl (C=O) groups excluding carboxylic acids is 1. The van der Waals surface area contributed by atoms with Gasteiger partial charge in [0.15, 0.2) is 0 Å². The number of hydrogen-bond acceptors (Lipinski definition) is 3. The highest BCUT2D eigenvalue weighted by Gasteiger charge is 2.03. The van der Waals surface area contributed by atoms with Gasteiger partial charge in [-0.15, -0.1) is 0 Å². The lowest BCUT2D eigenvalue weighted by Gasteiger charge is -2.08. The Morgan fingerprint density at radius 2 is 2.14 bits per heavy atom. The number of amides is 1. The molecule has 0 spiro atoms. The van der Waals surface area contributed by atoms with Crippen LogP contribution in [0.15, 0.2) is 30.3 Å². The lowest BCUT2D eigenvalue weighted by atomic mass is 10.2. The van der Waals surface area contributed by atoms with E-state index in [1.54, 1.807) is 6.92 Å². The first-order valence-corrected chi connectivity index (χ1v) is 4.41. The predicted molar refractivity (Wildman–Crippen MR) is 53.4 cm³/mol. The van der Waals surface area contributed by atoms with Gasteiger partial charge in [-0.2, -0.15) is 0 Å². The summed E-state index contributed by atoms with van der Waals surface area (Å²) in [6, 6.07) is 9.47. The van der Waals surface area contributed by atoms with E-state index in [9.17, 15) is 4.79 Å². The fourth-order valence-corrected chi connectivity index (χ4v) is 0.951. The molecule has 4 heteroatoms. The van der Waals surface area contributed by atoms with Gasteiger partial charge in [0.05, 0.1) is 6.17 Å². The molecule has 0 bridgehead atoms. The quantitative estimate of drug-likeness (QED) is 0.711. The molecule has 0 saturated carbocycles. The van der Waals surface area contributed by atoms with Crippen LogP contribution >= 0.6 is 0 Å². The zero-order chi connectivity index (χ0) is 10.4. The molecule has 0 aliphatic carbocycles. The van der Waals surface area contributed by atoms with Crippen LogP contribution in [0.5, 0.6) is 0 Å². The Balaban J connectivity index is 2.31. The number of ether oxygens (including phenoxy) is 1. The van der Waals surface area contributed by atoms with Gasteiger partial charge in [0, 0.05) is 0 Å². The lowest BCUT2D eigenvalue weighted by Crippen LogP contribution is -2.39. The van der Waals surface area contributed by atoms with Gasteiger partial charge in [-0.05, 0) is 12.5 Å². The minimum Gasteiger partial charge on any atom is -0.445 e. The maximum atomic E-state index is 11.0. The third-order valence-electron chi connectivity index (χ3n) is 1.56. The smallest absolute Gasteiger partial charge is 0.408 e. The Kier molecular flexibility index (Phi) is 3.94. The van der Waals surface area contributed by atoms with Crippen molar-refractivity contribution < 1.29 is 9.53 Å². The van der Waals surface area contributed by atoms with Crippen LogP contribution in [-0.2, 0) is 11.3 Å². The van der Waals surface area contributed by atoms with Crippen LogP contribution in [0.3, 0.4) is 0 Å². The van der Waals surface area contributed by atoms with Gasteiger partial charge >= 0.3 is 6.09 Å². The van der Waals surface area contributed by atoms with Crippen LogP contribution < -0.4 is 11.1 Å². The van der Waals surface area contributed by atoms with Crippen LogP contribution in [0.1, 0.15) is 12.5 Å². The Labute approximate surface area is 83.1 Å². The van der Waals surface area contributed by atoms with E-state index in [1.165, 1.54) is 0 Å². The van der Waals surface area contributed by atoms with Crippen LogP contribution in [0.4, 0.5) is 4.79 Å². The molecule has 0 radical (unpaired) electrons. The molecular formula is C10H14N2O2. The van der Waals surface area contributed by atoms with Gasteiger partial charge in [0.2, 0.25) is 0 Å². The molecule has 0 fully saturated rings. The zero-order valence-electron chi connectivity index (χ0n) is 8.07. The van der Waals surface area contributed by atoms with Crippen LogP contribution in [0, 0.1) is 0 Å². The first-order chi connectivity index (χ1) is 6.68. The SMILES string of the molecule is C[C@@H](N)NC(=O)OCc1ccccc1. The Hall–Kier alpha value is -1.55. The molecule has 4 nitrogen and oxygen atoms in total. The minimum atomic E-state index is -0.496. The Morgan fingerprint density at radius 1 is 1.50 bits per heavy atom. The van der Waals surface area contributed by atoms with Crippen molar-refractivity contribution in [2.24, 2.45) is 5.73 Å². The summed E-state index contributed by atoms with van der Waals surface area (Å²) in [5.41, 5.74) is 6.30. The van der Waals surface area contributed by atoms with E-state index in [4.69, 9.17) is 10.5 Å². The molecule has 1 rings (SSSR count). The highest BCUT2D eigenvalue weighted by molar-refractivity contribution is 5.67. The normalized spacial score (nSPS) is 11.9. The molecule has 0 aromatic heterocycles. The summed E-state index contributed by atoms with van der Waals surface area (Å²) in [4.78, 5) is 11.0. The maximum absolute atomic E-state index is 11.0. The van der Waals surface area contributed by atoms with Crippen molar-refractivity contribution in [1.29, 1.82) is 0 Å². The molecule has 0 unspecified atom stereocenters. The van der Waals surface area contributed by atoms with Crippen molar-refractivity contribution in [2.45, 2.75) is 19.7 Å². The molecule has 0 heterocycles. The van der Waals surface area contributed by atoms with E-state index >= 15 is 0 Å². The Morgan fingerprint density at radius 3 is 2.71 bits per heavy atom.